The Bertz CT molecular complexity index is 998. The summed E-state index contributed by atoms with van der Waals surface area (Å²) >= 11 is 6.07. The Morgan fingerprint density at radius 3 is 2.78 bits per heavy atom. The number of hydrogen-bond acceptors (Lipinski definition) is 4. The molecule has 0 saturated carbocycles. The molecule has 0 aliphatic carbocycles. The van der Waals surface area contributed by atoms with E-state index in [4.69, 9.17) is 20.8 Å². The van der Waals surface area contributed by atoms with E-state index in [1.807, 2.05) is 30.3 Å². The third kappa shape index (κ3) is 3.34. The minimum absolute atomic E-state index is 0.227. The second kappa shape index (κ2) is 7.29. The highest BCUT2D eigenvalue weighted by Crippen LogP contribution is 2.38. The summed E-state index contributed by atoms with van der Waals surface area (Å²) in [5.74, 6) is 1.13. The molecule has 0 bridgehead atoms. The van der Waals surface area contributed by atoms with Crippen molar-refractivity contribution in [3.8, 4) is 5.75 Å². The third-order valence-corrected chi connectivity index (χ3v) is 4.73. The van der Waals surface area contributed by atoms with Crippen LogP contribution in [0.15, 0.2) is 76.4 Å². The van der Waals surface area contributed by atoms with Gasteiger partial charge in [-0.2, -0.15) is 5.10 Å². The molecule has 1 amide bonds. The molecule has 5 nitrogen and oxygen atoms in total. The highest BCUT2D eigenvalue weighted by molar-refractivity contribution is 6.31. The highest BCUT2D eigenvalue weighted by atomic mass is 35.5. The van der Waals surface area contributed by atoms with Crippen LogP contribution >= 0.6 is 11.6 Å². The van der Waals surface area contributed by atoms with Crippen molar-refractivity contribution in [3.05, 3.63) is 88.8 Å². The Hall–Kier alpha value is -3.05. The molecule has 4 rings (SSSR count). The summed E-state index contributed by atoms with van der Waals surface area (Å²) in [6.45, 7) is 0. The molecule has 1 aromatic heterocycles. The molecule has 3 aromatic rings. The van der Waals surface area contributed by atoms with Crippen LogP contribution < -0.4 is 4.74 Å². The SMILES string of the molecule is COc1ccccc1[C@H]1CC(c2ccco2)=NN1C(=O)c1cccc(Cl)c1. The molecular weight excluding hydrogens is 364 g/mol. The van der Waals surface area contributed by atoms with E-state index in [-0.39, 0.29) is 11.9 Å². The topological polar surface area (TPSA) is 55.0 Å². The summed E-state index contributed by atoms with van der Waals surface area (Å²) in [4.78, 5) is 13.2. The number of rotatable bonds is 4. The number of amides is 1. The standard InChI is InChI=1S/C21H17ClN2O3/c1-26-19-9-3-2-8-16(19)18-13-17(20-10-5-11-27-20)23-24(18)21(25)14-6-4-7-15(22)12-14/h2-12,18H,13H2,1H3/t18-/m1/s1. The summed E-state index contributed by atoms with van der Waals surface area (Å²) in [5, 5.41) is 6.57. The Balaban J connectivity index is 1.76. The Labute approximate surface area is 161 Å². The number of nitrogens with zero attached hydrogens (tertiary/aromatic N) is 2. The number of para-hydroxylation sites is 1. The molecule has 0 N–H and O–H groups in total. The fourth-order valence-electron chi connectivity index (χ4n) is 3.23. The van der Waals surface area contributed by atoms with Crippen molar-refractivity contribution in [3.63, 3.8) is 0 Å². The van der Waals surface area contributed by atoms with Gasteiger partial charge >= 0.3 is 0 Å². The van der Waals surface area contributed by atoms with Gasteiger partial charge in [0, 0.05) is 22.6 Å². The third-order valence-electron chi connectivity index (χ3n) is 4.49. The molecule has 1 aliphatic rings. The number of hydrogen-bond donors (Lipinski definition) is 0. The number of carbonyl (C=O) groups is 1. The fourth-order valence-corrected chi connectivity index (χ4v) is 3.42. The predicted molar refractivity (Wildman–Crippen MR) is 103 cm³/mol. The van der Waals surface area contributed by atoms with Gasteiger partial charge in [-0.3, -0.25) is 4.79 Å². The van der Waals surface area contributed by atoms with E-state index >= 15 is 0 Å². The van der Waals surface area contributed by atoms with Crippen molar-refractivity contribution in [2.75, 3.05) is 7.11 Å². The number of furan rings is 1. The van der Waals surface area contributed by atoms with E-state index in [1.165, 1.54) is 5.01 Å². The minimum atomic E-state index is -0.298. The molecule has 0 fully saturated rings. The molecule has 0 radical (unpaired) electrons. The van der Waals surface area contributed by atoms with Gasteiger partial charge in [0.05, 0.1) is 19.4 Å². The minimum Gasteiger partial charge on any atom is -0.496 e. The van der Waals surface area contributed by atoms with Gasteiger partial charge in [0.1, 0.15) is 17.2 Å². The summed E-state index contributed by atoms with van der Waals surface area (Å²) < 4.78 is 11.0. The summed E-state index contributed by atoms with van der Waals surface area (Å²) in [6.07, 6.45) is 2.12. The van der Waals surface area contributed by atoms with Gasteiger partial charge in [-0.1, -0.05) is 35.9 Å². The number of carbonyl (C=O) groups excluding carboxylic acids is 1. The van der Waals surface area contributed by atoms with Crippen molar-refractivity contribution < 1.29 is 13.9 Å². The molecule has 6 heteroatoms. The average molecular weight is 381 g/mol. The molecule has 136 valence electrons. The van der Waals surface area contributed by atoms with E-state index in [0.717, 1.165) is 5.56 Å². The summed E-state index contributed by atoms with van der Waals surface area (Å²) in [5.41, 5.74) is 2.08. The first-order chi connectivity index (χ1) is 13.2. The fraction of sp³-hybridized carbons (Fsp3) is 0.143. The molecule has 2 heterocycles. The first-order valence-corrected chi connectivity index (χ1v) is 8.88. The number of ether oxygens (including phenoxy) is 1. The number of hydrazone groups is 1. The Morgan fingerprint density at radius 2 is 2.04 bits per heavy atom. The molecule has 1 atom stereocenters. The maximum Gasteiger partial charge on any atom is 0.274 e. The van der Waals surface area contributed by atoms with Crippen molar-refractivity contribution in [1.29, 1.82) is 0 Å². The van der Waals surface area contributed by atoms with Gasteiger partial charge in [-0.05, 0) is 36.4 Å². The van der Waals surface area contributed by atoms with Crippen molar-refractivity contribution in [1.82, 2.24) is 5.01 Å². The van der Waals surface area contributed by atoms with Crippen LogP contribution in [0.2, 0.25) is 5.02 Å². The van der Waals surface area contributed by atoms with Crippen LogP contribution in [0, 0.1) is 0 Å². The number of methoxy groups -OCH3 is 1. The first-order valence-electron chi connectivity index (χ1n) is 8.51. The van der Waals surface area contributed by atoms with Crippen LogP contribution in [-0.2, 0) is 0 Å². The van der Waals surface area contributed by atoms with E-state index in [0.29, 0.717) is 34.2 Å². The zero-order chi connectivity index (χ0) is 18.8. The van der Waals surface area contributed by atoms with Gasteiger partial charge in [-0.25, -0.2) is 5.01 Å². The van der Waals surface area contributed by atoms with E-state index in [1.54, 1.807) is 43.7 Å². The molecule has 1 aliphatic heterocycles. The maximum absolute atomic E-state index is 13.2. The molecular formula is C21H17ClN2O3. The van der Waals surface area contributed by atoms with Gasteiger partial charge in [0.2, 0.25) is 0 Å². The van der Waals surface area contributed by atoms with Gasteiger partial charge < -0.3 is 9.15 Å². The Kier molecular flexibility index (Phi) is 4.69. The lowest BCUT2D eigenvalue weighted by molar-refractivity contribution is 0.0709. The van der Waals surface area contributed by atoms with E-state index < -0.39 is 0 Å². The van der Waals surface area contributed by atoms with Gasteiger partial charge in [0.25, 0.3) is 5.91 Å². The second-order valence-electron chi connectivity index (χ2n) is 6.15. The zero-order valence-corrected chi connectivity index (χ0v) is 15.4. The van der Waals surface area contributed by atoms with Crippen LogP contribution in [0.1, 0.15) is 34.1 Å². The number of benzene rings is 2. The lowest BCUT2D eigenvalue weighted by Crippen LogP contribution is -2.27. The van der Waals surface area contributed by atoms with Crippen LogP contribution in [0.4, 0.5) is 0 Å². The molecule has 2 aromatic carbocycles. The molecule has 0 saturated heterocycles. The lowest BCUT2D eigenvalue weighted by Gasteiger charge is -2.23. The van der Waals surface area contributed by atoms with Crippen LogP contribution in [-0.4, -0.2) is 23.7 Å². The van der Waals surface area contributed by atoms with Crippen LogP contribution in [0.5, 0.6) is 5.75 Å². The first kappa shape index (κ1) is 17.4. The average Bonchev–Trinajstić information content (AvgIpc) is 3.37. The summed E-state index contributed by atoms with van der Waals surface area (Å²) in [6, 6.07) is 17.8. The van der Waals surface area contributed by atoms with E-state index in [2.05, 4.69) is 5.10 Å². The highest BCUT2D eigenvalue weighted by Gasteiger charge is 2.36. The van der Waals surface area contributed by atoms with Gasteiger partial charge in [-0.15, -0.1) is 0 Å². The molecule has 27 heavy (non-hydrogen) atoms. The smallest absolute Gasteiger partial charge is 0.274 e. The van der Waals surface area contributed by atoms with Crippen LogP contribution in [0.25, 0.3) is 0 Å². The predicted octanol–water partition coefficient (Wildman–Crippen LogP) is 4.93. The van der Waals surface area contributed by atoms with Crippen molar-refractivity contribution in [2.24, 2.45) is 5.10 Å². The lowest BCUT2D eigenvalue weighted by atomic mass is 9.99. The quantitative estimate of drug-likeness (QED) is 0.644. The normalized spacial score (nSPS) is 16.3. The maximum atomic E-state index is 13.2. The van der Waals surface area contributed by atoms with Crippen molar-refractivity contribution in [2.45, 2.75) is 12.5 Å². The molecule has 0 spiro atoms. The summed E-state index contributed by atoms with van der Waals surface area (Å²) in [7, 11) is 1.62. The monoisotopic (exact) mass is 380 g/mol. The zero-order valence-electron chi connectivity index (χ0n) is 14.6. The van der Waals surface area contributed by atoms with Crippen LogP contribution in [0.3, 0.4) is 0 Å². The second-order valence-corrected chi connectivity index (χ2v) is 6.58. The largest absolute Gasteiger partial charge is 0.496 e. The van der Waals surface area contributed by atoms with E-state index in [9.17, 15) is 4.79 Å². The Morgan fingerprint density at radius 1 is 1.19 bits per heavy atom. The van der Waals surface area contributed by atoms with Crippen molar-refractivity contribution >= 4 is 23.2 Å². The van der Waals surface area contributed by atoms with Gasteiger partial charge in [0.15, 0.2) is 0 Å². The number of halogens is 1. The molecule has 0 unspecified atom stereocenters.